The van der Waals surface area contributed by atoms with Crippen molar-refractivity contribution in [3.8, 4) is 0 Å². The normalized spacial score (nSPS) is 14.4. The number of unbranched alkanes of at least 4 members (excludes halogenated alkanes) is 28. The molecule has 0 spiro atoms. The molecule has 0 rings (SSSR count). The molecule has 9 heteroatoms. The van der Waals surface area contributed by atoms with E-state index in [2.05, 4.69) is 43.5 Å². The lowest BCUT2D eigenvalue weighted by atomic mass is 10.0. The zero-order valence-electron chi connectivity index (χ0n) is 39.0. The Morgan fingerprint density at radius 1 is 0.586 bits per heavy atom. The fraction of sp³-hybridized carbons (Fsp3) is 0.898. The molecular weight excluding hydrogens is 744 g/mol. The second kappa shape index (κ2) is 41.3. The van der Waals surface area contributed by atoms with Crippen LogP contribution in [0.15, 0.2) is 24.3 Å². The van der Waals surface area contributed by atoms with Crippen molar-refractivity contribution in [2.75, 3.05) is 40.9 Å². The molecule has 0 heterocycles. The molecule has 0 radical (unpaired) electrons. The quantitative estimate of drug-likeness (QED) is 0.0244. The van der Waals surface area contributed by atoms with Gasteiger partial charge in [0.25, 0.3) is 0 Å². The van der Waals surface area contributed by atoms with E-state index in [1.54, 1.807) is 0 Å². The second-order valence-corrected chi connectivity index (χ2v) is 19.6. The molecule has 1 amide bonds. The lowest BCUT2D eigenvalue weighted by Crippen LogP contribution is -2.46. The van der Waals surface area contributed by atoms with Crippen LogP contribution in [0.2, 0.25) is 0 Å². The van der Waals surface area contributed by atoms with Crippen molar-refractivity contribution in [2.45, 2.75) is 244 Å². The minimum absolute atomic E-state index is 0.0756. The summed E-state index contributed by atoms with van der Waals surface area (Å²) in [5, 5.41) is 14.0. The van der Waals surface area contributed by atoms with Gasteiger partial charge in [-0.2, -0.15) is 0 Å². The van der Waals surface area contributed by atoms with Gasteiger partial charge in [0.05, 0.1) is 39.9 Å². The highest BCUT2D eigenvalue weighted by atomic mass is 31.2. The van der Waals surface area contributed by atoms with Crippen molar-refractivity contribution in [2.24, 2.45) is 0 Å². The summed E-state index contributed by atoms with van der Waals surface area (Å²) in [5.41, 5.74) is 0. The highest BCUT2D eigenvalue weighted by molar-refractivity contribution is 7.47. The summed E-state index contributed by atoms with van der Waals surface area (Å²) in [4.78, 5) is 23.2. The molecule has 58 heavy (non-hydrogen) atoms. The molecule has 0 saturated carbocycles. The fourth-order valence-corrected chi connectivity index (χ4v) is 7.99. The van der Waals surface area contributed by atoms with Crippen LogP contribution in [0.5, 0.6) is 0 Å². The van der Waals surface area contributed by atoms with Crippen molar-refractivity contribution in [1.29, 1.82) is 0 Å². The molecule has 3 unspecified atom stereocenters. The van der Waals surface area contributed by atoms with E-state index in [0.717, 1.165) is 44.9 Å². The fourth-order valence-electron chi connectivity index (χ4n) is 7.25. The van der Waals surface area contributed by atoms with Crippen LogP contribution in [0.1, 0.15) is 232 Å². The minimum atomic E-state index is -4.31. The van der Waals surface area contributed by atoms with E-state index in [1.807, 2.05) is 21.1 Å². The minimum Gasteiger partial charge on any atom is -0.391 e. The van der Waals surface area contributed by atoms with Crippen LogP contribution in [-0.2, 0) is 18.4 Å². The van der Waals surface area contributed by atoms with Gasteiger partial charge in [-0.3, -0.25) is 13.8 Å². The van der Waals surface area contributed by atoms with Crippen LogP contribution in [0.4, 0.5) is 0 Å². The van der Waals surface area contributed by atoms with Crippen molar-refractivity contribution < 1.29 is 32.9 Å². The van der Waals surface area contributed by atoms with Gasteiger partial charge in [-0.05, 0) is 44.9 Å². The third-order valence-corrected chi connectivity index (χ3v) is 12.2. The zero-order chi connectivity index (χ0) is 42.8. The maximum Gasteiger partial charge on any atom is 0.472 e. The van der Waals surface area contributed by atoms with Crippen LogP contribution in [0, 0.1) is 0 Å². The molecule has 344 valence electrons. The predicted octanol–water partition coefficient (Wildman–Crippen LogP) is 14.1. The third-order valence-electron chi connectivity index (χ3n) is 11.2. The Kier molecular flexibility index (Phi) is 40.6. The number of hydrogen-bond acceptors (Lipinski definition) is 5. The monoisotopic (exact) mass is 842 g/mol. The van der Waals surface area contributed by atoms with Crippen molar-refractivity contribution >= 4 is 13.7 Å². The van der Waals surface area contributed by atoms with E-state index in [4.69, 9.17) is 9.05 Å². The number of carbonyl (C=O) groups excluding carboxylic acids is 1. The molecule has 0 saturated heterocycles. The van der Waals surface area contributed by atoms with Gasteiger partial charge >= 0.3 is 7.82 Å². The molecule has 0 fully saturated rings. The summed E-state index contributed by atoms with van der Waals surface area (Å²) in [5.74, 6) is -0.145. The third kappa shape index (κ3) is 43.1. The van der Waals surface area contributed by atoms with E-state index >= 15 is 0 Å². The van der Waals surface area contributed by atoms with Gasteiger partial charge in [-0.15, -0.1) is 0 Å². The van der Waals surface area contributed by atoms with Crippen LogP contribution in [-0.4, -0.2) is 73.4 Å². The Hall–Kier alpha value is -1.02. The Balaban J connectivity index is 4.14. The molecule has 0 aromatic rings. The topological polar surface area (TPSA) is 105 Å². The molecule has 0 bridgehead atoms. The van der Waals surface area contributed by atoms with Gasteiger partial charge in [0.2, 0.25) is 5.91 Å². The zero-order valence-corrected chi connectivity index (χ0v) is 39.9. The number of amides is 1. The van der Waals surface area contributed by atoms with Crippen molar-refractivity contribution in [1.82, 2.24) is 5.32 Å². The average Bonchev–Trinajstić information content (AvgIpc) is 3.17. The summed E-state index contributed by atoms with van der Waals surface area (Å²) < 4.78 is 23.6. The Morgan fingerprint density at radius 3 is 1.41 bits per heavy atom. The average molecular weight is 842 g/mol. The maximum atomic E-state index is 12.9. The van der Waals surface area contributed by atoms with Gasteiger partial charge in [-0.1, -0.05) is 205 Å². The number of phosphoric ester groups is 1. The number of rotatable bonds is 45. The van der Waals surface area contributed by atoms with Gasteiger partial charge in [0, 0.05) is 6.42 Å². The molecule has 0 aromatic heterocycles. The first-order valence-corrected chi connectivity index (χ1v) is 26.2. The van der Waals surface area contributed by atoms with Gasteiger partial charge in [0.15, 0.2) is 0 Å². The van der Waals surface area contributed by atoms with E-state index in [-0.39, 0.29) is 19.1 Å². The van der Waals surface area contributed by atoms with Crippen molar-refractivity contribution in [3.05, 3.63) is 24.3 Å². The first kappa shape index (κ1) is 57.0. The lowest BCUT2D eigenvalue weighted by molar-refractivity contribution is -0.870. The first-order chi connectivity index (χ1) is 28.0. The molecule has 3 atom stereocenters. The van der Waals surface area contributed by atoms with E-state index in [0.29, 0.717) is 23.9 Å². The molecule has 8 nitrogen and oxygen atoms in total. The largest absolute Gasteiger partial charge is 0.472 e. The number of hydrogen-bond donors (Lipinski definition) is 3. The second-order valence-electron chi connectivity index (χ2n) is 18.2. The smallest absolute Gasteiger partial charge is 0.391 e. The SMILES string of the molecule is CCCCCCC/C=C\C/C=C\CCCCCCCCCCCCCCCC(=O)NC(COP(=O)(O)OCC[N+](C)(C)C)C(O)CCCCCCCCCCCCC. The summed E-state index contributed by atoms with van der Waals surface area (Å²) in [6.07, 6.45) is 49.3. The Bertz CT molecular complexity index is 1000. The highest BCUT2D eigenvalue weighted by Gasteiger charge is 2.28. The number of nitrogens with one attached hydrogen (secondary N) is 1. The molecule has 0 aliphatic heterocycles. The summed E-state index contributed by atoms with van der Waals surface area (Å²) in [7, 11) is 1.62. The van der Waals surface area contributed by atoms with Crippen LogP contribution in [0.3, 0.4) is 0 Å². The number of likely N-dealkylation sites (N-methyl/N-ethyl adjacent to an activating group) is 1. The molecule has 0 aliphatic rings. The summed E-state index contributed by atoms with van der Waals surface area (Å²) in [6, 6.07) is -0.757. The van der Waals surface area contributed by atoms with E-state index < -0.39 is 20.0 Å². The number of carbonyl (C=O) groups is 1. The van der Waals surface area contributed by atoms with Crippen LogP contribution in [0.25, 0.3) is 0 Å². The number of phosphoric acid groups is 1. The number of aliphatic hydroxyl groups excluding tert-OH is 1. The molecular formula is C49H98N2O6P+. The van der Waals surface area contributed by atoms with Crippen LogP contribution < -0.4 is 5.32 Å². The number of nitrogens with zero attached hydrogens (tertiary/aromatic N) is 1. The lowest BCUT2D eigenvalue weighted by Gasteiger charge is -2.26. The van der Waals surface area contributed by atoms with Crippen molar-refractivity contribution in [3.63, 3.8) is 0 Å². The van der Waals surface area contributed by atoms with E-state index in [1.165, 1.54) is 161 Å². The highest BCUT2D eigenvalue weighted by Crippen LogP contribution is 2.43. The molecule has 0 aromatic carbocycles. The van der Waals surface area contributed by atoms with Gasteiger partial charge in [0.1, 0.15) is 13.2 Å². The maximum absolute atomic E-state index is 12.9. The first-order valence-electron chi connectivity index (χ1n) is 24.7. The van der Waals surface area contributed by atoms with Crippen LogP contribution >= 0.6 is 7.82 Å². The summed E-state index contributed by atoms with van der Waals surface area (Å²) >= 11 is 0. The number of allylic oxidation sites excluding steroid dienone is 4. The molecule has 0 aliphatic carbocycles. The number of quaternary nitrogens is 1. The number of aliphatic hydroxyl groups is 1. The Morgan fingerprint density at radius 2 is 0.983 bits per heavy atom. The predicted molar refractivity (Wildman–Crippen MR) is 249 cm³/mol. The van der Waals surface area contributed by atoms with E-state index in [9.17, 15) is 19.4 Å². The van der Waals surface area contributed by atoms with Gasteiger partial charge in [-0.25, -0.2) is 4.57 Å². The van der Waals surface area contributed by atoms with Gasteiger partial charge < -0.3 is 19.8 Å². The molecule has 3 N–H and O–H groups in total. The summed E-state index contributed by atoms with van der Waals surface area (Å²) in [6.45, 7) is 4.88. The standard InChI is InChI=1S/C49H97N2O6P/c1-6-8-10-12-14-16-18-19-20-21-22-23-24-25-26-27-28-29-30-31-33-35-37-39-41-43-49(53)50-47(46-57-58(54,55)56-45-44-51(3,4)5)48(52)42-40-38-36-34-32-17-15-13-11-9-7-2/h18-19,21-22,47-48,52H,6-17,20,23-46H2,1-5H3,(H-,50,53,54,55)/p+1/b19-18-,22-21-. The Labute approximate surface area is 360 Å².